The van der Waals surface area contributed by atoms with Crippen LogP contribution in [0.15, 0.2) is 18.2 Å². The molecule has 0 aromatic heterocycles. The predicted octanol–water partition coefficient (Wildman–Crippen LogP) is 2.87. The maximum absolute atomic E-state index is 12.6. The fourth-order valence-corrected chi connectivity index (χ4v) is 3.38. The lowest BCUT2D eigenvalue weighted by molar-refractivity contribution is -0.137. The van der Waals surface area contributed by atoms with E-state index in [0.29, 0.717) is 12.4 Å². The SMILES string of the molecule is CCOc1cc(CN2CCC[C@H](C(=O)N(CC)CC)C2)ccc1O. The van der Waals surface area contributed by atoms with Crippen LogP contribution in [0.4, 0.5) is 0 Å². The molecular formula is C19H30N2O3. The highest BCUT2D eigenvalue weighted by molar-refractivity contribution is 5.79. The van der Waals surface area contributed by atoms with Crippen molar-refractivity contribution in [1.29, 1.82) is 0 Å². The topological polar surface area (TPSA) is 53.0 Å². The van der Waals surface area contributed by atoms with Crippen LogP contribution in [0.25, 0.3) is 0 Å². The highest BCUT2D eigenvalue weighted by Crippen LogP contribution is 2.28. The molecule has 5 nitrogen and oxygen atoms in total. The number of phenols is 1. The van der Waals surface area contributed by atoms with Gasteiger partial charge in [-0.3, -0.25) is 9.69 Å². The van der Waals surface area contributed by atoms with Gasteiger partial charge in [-0.2, -0.15) is 0 Å². The van der Waals surface area contributed by atoms with Gasteiger partial charge in [-0.1, -0.05) is 6.07 Å². The third-order valence-electron chi connectivity index (χ3n) is 4.66. The third kappa shape index (κ3) is 4.63. The van der Waals surface area contributed by atoms with Crippen molar-refractivity contribution in [3.63, 3.8) is 0 Å². The molecule has 1 heterocycles. The lowest BCUT2D eigenvalue weighted by Crippen LogP contribution is -2.44. The van der Waals surface area contributed by atoms with Crippen LogP contribution in [-0.2, 0) is 11.3 Å². The summed E-state index contributed by atoms with van der Waals surface area (Å²) in [7, 11) is 0. The molecule has 134 valence electrons. The molecule has 1 fully saturated rings. The Kier molecular flexibility index (Phi) is 6.91. The van der Waals surface area contributed by atoms with Gasteiger partial charge in [0, 0.05) is 26.2 Å². The number of hydrogen-bond acceptors (Lipinski definition) is 4. The van der Waals surface area contributed by atoms with E-state index in [0.717, 1.165) is 51.1 Å². The molecule has 0 saturated carbocycles. The molecule has 1 amide bonds. The summed E-state index contributed by atoms with van der Waals surface area (Å²) in [5.41, 5.74) is 1.10. The number of piperidine rings is 1. The van der Waals surface area contributed by atoms with Gasteiger partial charge in [-0.25, -0.2) is 0 Å². The highest BCUT2D eigenvalue weighted by Gasteiger charge is 2.28. The first-order chi connectivity index (χ1) is 11.6. The van der Waals surface area contributed by atoms with Crippen LogP contribution in [0, 0.1) is 5.92 Å². The fraction of sp³-hybridized carbons (Fsp3) is 0.632. The number of likely N-dealkylation sites (tertiary alicyclic amines) is 1. The van der Waals surface area contributed by atoms with Crippen molar-refractivity contribution in [2.45, 2.75) is 40.2 Å². The molecule has 1 saturated heterocycles. The van der Waals surface area contributed by atoms with E-state index in [-0.39, 0.29) is 17.6 Å². The van der Waals surface area contributed by atoms with Crippen LogP contribution in [0.2, 0.25) is 0 Å². The minimum absolute atomic E-state index is 0.0992. The number of carbonyl (C=O) groups is 1. The molecule has 24 heavy (non-hydrogen) atoms. The fourth-order valence-electron chi connectivity index (χ4n) is 3.38. The second-order valence-corrected chi connectivity index (χ2v) is 6.32. The average molecular weight is 334 g/mol. The van der Waals surface area contributed by atoms with Gasteiger partial charge < -0.3 is 14.7 Å². The molecule has 1 aliphatic heterocycles. The molecule has 0 bridgehead atoms. The standard InChI is InChI=1S/C19H30N2O3/c1-4-21(5-2)19(23)16-8-7-11-20(14-16)13-15-9-10-17(22)18(12-15)24-6-3/h9-10,12,16,22H,4-8,11,13-14H2,1-3H3/t16-/m0/s1. The molecular weight excluding hydrogens is 304 g/mol. The lowest BCUT2D eigenvalue weighted by atomic mass is 9.96. The first kappa shape index (κ1) is 18.6. The van der Waals surface area contributed by atoms with Crippen LogP contribution >= 0.6 is 0 Å². The largest absolute Gasteiger partial charge is 0.504 e. The van der Waals surface area contributed by atoms with Crippen LogP contribution in [0.1, 0.15) is 39.2 Å². The van der Waals surface area contributed by atoms with E-state index >= 15 is 0 Å². The minimum atomic E-state index is 0.0992. The van der Waals surface area contributed by atoms with Gasteiger partial charge in [0.15, 0.2) is 11.5 Å². The van der Waals surface area contributed by atoms with E-state index in [1.165, 1.54) is 0 Å². The zero-order valence-electron chi connectivity index (χ0n) is 15.1. The number of phenolic OH excluding ortho intramolecular Hbond substituents is 1. The molecule has 1 aliphatic rings. The molecule has 1 N–H and O–H groups in total. The summed E-state index contributed by atoms with van der Waals surface area (Å²) in [6.45, 7) is 10.7. The second kappa shape index (κ2) is 8.92. The van der Waals surface area contributed by atoms with E-state index in [2.05, 4.69) is 4.90 Å². The minimum Gasteiger partial charge on any atom is -0.504 e. The van der Waals surface area contributed by atoms with E-state index in [4.69, 9.17) is 4.74 Å². The van der Waals surface area contributed by atoms with Crippen LogP contribution < -0.4 is 4.74 Å². The monoisotopic (exact) mass is 334 g/mol. The lowest BCUT2D eigenvalue weighted by Gasteiger charge is -2.34. The van der Waals surface area contributed by atoms with Crippen molar-refractivity contribution >= 4 is 5.91 Å². The Bertz CT molecular complexity index is 543. The summed E-state index contributed by atoms with van der Waals surface area (Å²) < 4.78 is 5.46. The summed E-state index contributed by atoms with van der Waals surface area (Å²) >= 11 is 0. The average Bonchev–Trinajstić information content (AvgIpc) is 2.59. The summed E-state index contributed by atoms with van der Waals surface area (Å²) in [5, 5.41) is 9.81. The Morgan fingerprint density at radius 1 is 1.33 bits per heavy atom. The van der Waals surface area contributed by atoms with Crippen molar-refractivity contribution in [3.8, 4) is 11.5 Å². The Labute approximate surface area is 145 Å². The zero-order chi connectivity index (χ0) is 17.5. The van der Waals surface area contributed by atoms with Crippen LogP contribution in [-0.4, -0.2) is 53.6 Å². The number of aromatic hydroxyl groups is 1. The van der Waals surface area contributed by atoms with Gasteiger partial charge in [0.2, 0.25) is 5.91 Å². The first-order valence-corrected chi connectivity index (χ1v) is 9.04. The van der Waals surface area contributed by atoms with Crippen molar-refractivity contribution in [3.05, 3.63) is 23.8 Å². The molecule has 0 radical (unpaired) electrons. The number of hydrogen-bond donors (Lipinski definition) is 1. The van der Waals surface area contributed by atoms with E-state index < -0.39 is 0 Å². The van der Waals surface area contributed by atoms with Crippen molar-refractivity contribution in [2.75, 3.05) is 32.8 Å². The van der Waals surface area contributed by atoms with Crippen LogP contribution in [0.5, 0.6) is 11.5 Å². The van der Waals surface area contributed by atoms with E-state index in [1.807, 2.05) is 37.8 Å². The Balaban J connectivity index is 2.00. The number of benzene rings is 1. The number of carbonyl (C=O) groups excluding carboxylic acids is 1. The predicted molar refractivity (Wildman–Crippen MR) is 95.2 cm³/mol. The third-order valence-corrected chi connectivity index (χ3v) is 4.66. The molecule has 1 aromatic rings. The molecule has 1 atom stereocenters. The number of amides is 1. The van der Waals surface area contributed by atoms with Gasteiger partial charge in [0.05, 0.1) is 12.5 Å². The van der Waals surface area contributed by atoms with Gasteiger partial charge in [0.1, 0.15) is 0 Å². The molecule has 1 aromatic carbocycles. The molecule has 0 unspecified atom stereocenters. The quantitative estimate of drug-likeness (QED) is 0.833. The maximum atomic E-state index is 12.6. The van der Waals surface area contributed by atoms with E-state index in [9.17, 15) is 9.90 Å². The van der Waals surface area contributed by atoms with Crippen molar-refractivity contribution in [2.24, 2.45) is 5.92 Å². The summed E-state index contributed by atoms with van der Waals surface area (Å²) in [5.74, 6) is 1.09. The number of ether oxygens (including phenoxy) is 1. The van der Waals surface area contributed by atoms with Gasteiger partial charge in [-0.05, 0) is 57.9 Å². The summed E-state index contributed by atoms with van der Waals surface area (Å²) in [6, 6.07) is 5.51. The number of rotatable bonds is 7. The van der Waals surface area contributed by atoms with Crippen molar-refractivity contribution in [1.82, 2.24) is 9.80 Å². The number of nitrogens with zero attached hydrogens (tertiary/aromatic N) is 2. The molecule has 0 aliphatic carbocycles. The zero-order valence-corrected chi connectivity index (χ0v) is 15.1. The van der Waals surface area contributed by atoms with E-state index in [1.54, 1.807) is 6.07 Å². The Morgan fingerprint density at radius 3 is 2.75 bits per heavy atom. The maximum Gasteiger partial charge on any atom is 0.226 e. The van der Waals surface area contributed by atoms with Crippen molar-refractivity contribution < 1.29 is 14.6 Å². The first-order valence-electron chi connectivity index (χ1n) is 9.04. The van der Waals surface area contributed by atoms with Gasteiger partial charge >= 0.3 is 0 Å². The summed E-state index contributed by atoms with van der Waals surface area (Å²) in [4.78, 5) is 16.9. The van der Waals surface area contributed by atoms with Gasteiger partial charge in [0.25, 0.3) is 0 Å². The normalized spacial score (nSPS) is 18.4. The summed E-state index contributed by atoms with van der Waals surface area (Å²) in [6.07, 6.45) is 2.03. The highest BCUT2D eigenvalue weighted by atomic mass is 16.5. The molecule has 2 rings (SSSR count). The molecule has 0 spiro atoms. The Hall–Kier alpha value is -1.75. The Morgan fingerprint density at radius 2 is 2.08 bits per heavy atom. The molecule has 5 heteroatoms. The smallest absolute Gasteiger partial charge is 0.226 e. The van der Waals surface area contributed by atoms with Crippen LogP contribution in [0.3, 0.4) is 0 Å². The van der Waals surface area contributed by atoms with Gasteiger partial charge in [-0.15, -0.1) is 0 Å². The second-order valence-electron chi connectivity index (χ2n) is 6.32.